The van der Waals surface area contributed by atoms with Gasteiger partial charge in [0.15, 0.2) is 11.0 Å². The Morgan fingerprint density at radius 3 is 2.86 bits per heavy atom. The Balaban J connectivity index is 1.48. The quantitative estimate of drug-likeness (QED) is 0.452. The Labute approximate surface area is 167 Å². The monoisotopic (exact) mass is 418 g/mol. The molecule has 1 amide bonds. The lowest BCUT2D eigenvalue weighted by atomic mass is 10.1. The van der Waals surface area contributed by atoms with E-state index in [9.17, 15) is 13.6 Å². The number of H-pyrrole nitrogens is 1. The Hall–Kier alpha value is -2.84. The summed E-state index contributed by atoms with van der Waals surface area (Å²) in [4.78, 5) is 24.0. The van der Waals surface area contributed by atoms with Crippen molar-refractivity contribution < 1.29 is 13.6 Å². The van der Waals surface area contributed by atoms with Gasteiger partial charge < -0.3 is 4.98 Å². The molecular formula is C19H13ClF2N4OS. The van der Waals surface area contributed by atoms with Gasteiger partial charge in [0.1, 0.15) is 0 Å². The highest BCUT2D eigenvalue weighted by Gasteiger charge is 2.15. The summed E-state index contributed by atoms with van der Waals surface area (Å²) in [6, 6.07) is 12.1. The van der Waals surface area contributed by atoms with Crippen LogP contribution in [0.25, 0.3) is 11.0 Å². The van der Waals surface area contributed by atoms with Gasteiger partial charge in [-0.15, -0.1) is 11.3 Å². The highest BCUT2D eigenvalue weighted by atomic mass is 35.5. The predicted molar refractivity (Wildman–Crippen MR) is 105 cm³/mol. The SMILES string of the molecule is O=C(Nc1ncc(Cc2ccccc2Cl)s1)c1ccc2nc(C(F)F)[nH]c2c1. The van der Waals surface area contributed by atoms with Crippen LogP contribution in [0.4, 0.5) is 13.9 Å². The van der Waals surface area contributed by atoms with E-state index in [0.29, 0.717) is 33.2 Å². The zero-order chi connectivity index (χ0) is 19.7. The molecule has 2 aromatic carbocycles. The molecule has 142 valence electrons. The third kappa shape index (κ3) is 3.88. The summed E-state index contributed by atoms with van der Waals surface area (Å²) in [5.74, 6) is -0.801. The molecule has 0 atom stereocenters. The van der Waals surface area contributed by atoms with E-state index in [1.165, 1.54) is 29.5 Å². The lowest BCUT2D eigenvalue weighted by Gasteiger charge is -2.02. The van der Waals surface area contributed by atoms with Crippen LogP contribution in [-0.2, 0) is 6.42 Å². The van der Waals surface area contributed by atoms with Crippen molar-refractivity contribution in [2.45, 2.75) is 12.8 Å². The second-order valence-corrected chi connectivity index (χ2v) is 7.53. The summed E-state index contributed by atoms with van der Waals surface area (Å²) in [5, 5.41) is 3.85. The van der Waals surface area contributed by atoms with Crippen LogP contribution in [0.1, 0.15) is 33.0 Å². The molecule has 5 nitrogen and oxygen atoms in total. The maximum Gasteiger partial charge on any atom is 0.295 e. The molecule has 0 bridgehead atoms. The number of aromatic amines is 1. The minimum atomic E-state index is -2.70. The number of fused-ring (bicyclic) bond motifs is 1. The van der Waals surface area contributed by atoms with Crippen LogP contribution in [0, 0.1) is 0 Å². The van der Waals surface area contributed by atoms with Crippen LogP contribution in [0.15, 0.2) is 48.7 Å². The first-order valence-corrected chi connectivity index (χ1v) is 9.46. The molecule has 0 fully saturated rings. The van der Waals surface area contributed by atoms with Crippen LogP contribution in [0.3, 0.4) is 0 Å². The number of hydrogen-bond acceptors (Lipinski definition) is 4. The second-order valence-electron chi connectivity index (χ2n) is 6.01. The third-order valence-electron chi connectivity index (χ3n) is 4.07. The highest BCUT2D eigenvalue weighted by molar-refractivity contribution is 7.15. The molecule has 0 aliphatic rings. The molecule has 0 saturated heterocycles. The molecular weight excluding hydrogens is 406 g/mol. The lowest BCUT2D eigenvalue weighted by molar-refractivity contribution is 0.102. The number of anilines is 1. The smallest absolute Gasteiger partial charge is 0.295 e. The van der Waals surface area contributed by atoms with Crippen LogP contribution >= 0.6 is 22.9 Å². The highest BCUT2D eigenvalue weighted by Crippen LogP contribution is 2.25. The molecule has 2 aromatic heterocycles. The standard InChI is InChI=1S/C19H13ClF2N4OS/c20-13-4-2-1-3-10(13)7-12-9-23-19(28-12)26-18(27)11-5-6-14-15(8-11)25-17(24-14)16(21)22/h1-6,8-9,16H,7H2,(H,24,25)(H,23,26,27). The predicted octanol–water partition coefficient (Wildman–Crippen LogP) is 5.45. The first-order valence-electron chi connectivity index (χ1n) is 8.27. The molecule has 0 spiro atoms. The van der Waals surface area contributed by atoms with Crippen LogP contribution in [-0.4, -0.2) is 20.9 Å². The molecule has 0 saturated carbocycles. The topological polar surface area (TPSA) is 70.7 Å². The van der Waals surface area contributed by atoms with Crippen LogP contribution < -0.4 is 5.32 Å². The number of nitrogens with zero attached hydrogens (tertiary/aromatic N) is 2. The van der Waals surface area contributed by atoms with Crippen molar-refractivity contribution in [2.24, 2.45) is 0 Å². The van der Waals surface area contributed by atoms with E-state index in [1.54, 1.807) is 6.20 Å². The van der Waals surface area contributed by atoms with E-state index in [1.807, 2.05) is 24.3 Å². The largest absolute Gasteiger partial charge is 0.337 e. The van der Waals surface area contributed by atoms with Gasteiger partial charge in [-0.3, -0.25) is 10.1 Å². The Kier molecular flexibility index (Phi) is 5.06. The van der Waals surface area contributed by atoms with E-state index in [2.05, 4.69) is 20.3 Å². The maximum atomic E-state index is 12.7. The van der Waals surface area contributed by atoms with Crippen molar-refractivity contribution in [1.82, 2.24) is 15.0 Å². The maximum absolute atomic E-state index is 12.7. The summed E-state index contributed by atoms with van der Waals surface area (Å²) in [7, 11) is 0. The molecule has 0 unspecified atom stereocenters. The fourth-order valence-electron chi connectivity index (χ4n) is 2.72. The number of benzene rings is 2. The van der Waals surface area contributed by atoms with Gasteiger partial charge >= 0.3 is 0 Å². The van der Waals surface area contributed by atoms with Gasteiger partial charge in [-0.2, -0.15) is 0 Å². The zero-order valence-corrected chi connectivity index (χ0v) is 15.8. The van der Waals surface area contributed by atoms with Crippen molar-refractivity contribution in [3.8, 4) is 0 Å². The number of rotatable bonds is 5. The number of aromatic nitrogens is 3. The van der Waals surface area contributed by atoms with Crippen molar-refractivity contribution in [2.75, 3.05) is 5.32 Å². The molecule has 2 N–H and O–H groups in total. The van der Waals surface area contributed by atoms with Crippen molar-refractivity contribution in [3.05, 3.63) is 75.5 Å². The number of alkyl halides is 2. The molecule has 9 heteroatoms. The molecule has 0 radical (unpaired) electrons. The van der Waals surface area contributed by atoms with Gasteiger partial charge in [-0.25, -0.2) is 18.7 Å². The lowest BCUT2D eigenvalue weighted by Crippen LogP contribution is -2.11. The molecule has 4 rings (SSSR count). The molecule has 4 aromatic rings. The van der Waals surface area contributed by atoms with Gasteiger partial charge in [0, 0.05) is 28.1 Å². The van der Waals surface area contributed by atoms with Crippen molar-refractivity contribution in [3.63, 3.8) is 0 Å². The van der Waals surface area contributed by atoms with Gasteiger partial charge in [-0.05, 0) is 29.8 Å². The van der Waals surface area contributed by atoms with E-state index < -0.39 is 12.2 Å². The fraction of sp³-hybridized carbons (Fsp3) is 0.105. The van der Waals surface area contributed by atoms with E-state index >= 15 is 0 Å². The average molecular weight is 419 g/mol. The Morgan fingerprint density at radius 1 is 1.25 bits per heavy atom. The van der Waals surface area contributed by atoms with Gasteiger partial charge in [0.25, 0.3) is 12.3 Å². The number of carbonyl (C=O) groups is 1. The summed E-state index contributed by atoms with van der Waals surface area (Å²) in [6.45, 7) is 0. The van der Waals surface area contributed by atoms with Crippen LogP contribution in [0.5, 0.6) is 0 Å². The van der Waals surface area contributed by atoms with Gasteiger partial charge in [-0.1, -0.05) is 29.8 Å². The first kappa shape index (κ1) is 18.5. The number of thiazole rings is 1. The van der Waals surface area contributed by atoms with Crippen LogP contribution in [0.2, 0.25) is 5.02 Å². The number of carbonyl (C=O) groups excluding carboxylic acids is 1. The normalized spacial score (nSPS) is 11.3. The number of amides is 1. The first-order chi connectivity index (χ1) is 13.5. The van der Waals surface area contributed by atoms with E-state index in [0.717, 1.165) is 10.4 Å². The Bertz CT molecular complexity index is 1160. The Morgan fingerprint density at radius 2 is 2.07 bits per heavy atom. The average Bonchev–Trinajstić information content (AvgIpc) is 3.29. The molecule has 2 heterocycles. The van der Waals surface area contributed by atoms with E-state index in [-0.39, 0.29) is 5.91 Å². The number of halogens is 3. The van der Waals surface area contributed by atoms with Crippen molar-refractivity contribution in [1.29, 1.82) is 0 Å². The molecule has 0 aliphatic heterocycles. The molecule has 28 heavy (non-hydrogen) atoms. The summed E-state index contributed by atoms with van der Waals surface area (Å²) >= 11 is 7.52. The van der Waals surface area contributed by atoms with Crippen molar-refractivity contribution >= 4 is 45.0 Å². The fourth-order valence-corrected chi connectivity index (χ4v) is 3.75. The zero-order valence-electron chi connectivity index (χ0n) is 14.2. The second kappa shape index (κ2) is 7.65. The summed E-state index contributed by atoms with van der Waals surface area (Å²) in [5.41, 5.74) is 2.05. The molecule has 0 aliphatic carbocycles. The minimum Gasteiger partial charge on any atom is -0.337 e. The third-order valence-corrected chi connectivity index (χ3v) is 5.35. The number of imidazole rings is 1. The summed E-state index contributed by atoms with van der Waals surface area (Å²) in [6.07, 6.45) is -0.392. The number of nitrogens with one attached hydrogen (secondary N) is 2. The van der Waals surface area contributed by atoms with Gasteiger partial charge in [0.2, 0.25) is 0 Å². The number of hydrogen-bond donors (Lipinski definition) is 2. The van der Waals surface area contributed by atoms with Gasteiger partial charge in [0.05, 0.1) is 11.0 Å². The summed E-state index contributed by atoms with van der Waals surface area (Å²) < 4.78 is 25.5. The van der Waals surface area contributed by atoms with E-state index in [4.69, 9.17) is 11.6 Å². The minimum absolute atomic E-state index is 0.319.